The Hall–Kier alpha value is -2.87. The monoisotopic (exact) mass is 292 g/mol. The van der Waals surface area contributed by atoms with Crippen LogP contribution in [0.4, 0.5) is 0 Å². The molecule has 1 heterocycles. The van der Waals surface area contributed by atoms with Crippen LogP contribution in [0.5, 0.6) is 5.75 Å². The van der Waals surface area contributed by atoms with Gasteiger partial charge in [0.25, 0.3) is 0 Å². The second kappa shape index (κ2) is 5.86. The lowest BCUT2D eigenvalue weighted by Crippen LogP contribution is -2.04. The van der Waals surface area contributed by atoms with Crippen molar-refractivity contribution >= 4 is 10.8 Å². The number of phenolic OH excluding ortho intramolecular Hbond substituents is 1. The van der Waals surface area contributed by atoms with E-state index in [1.165, 1.54) is 0 Å². The minimum Gasteiger partial charge on any atom is -0.507 e. The van der Waals surface area contributed by atoms with E-state index in [1.54, 1.807) is 16.8 Å². The predicted molar refractivity (Wildman–Crippen MR) is 83.9 cm³/mol. The van der Waals surface area contributed by atoms with Gasteiger partial charge >= 0.3 is 0 Å². The van der Waals surface area contributed by atoms with E-state index in [-0.39, 0.29) is 5.75 Å². The quantitative estimate of drug-likeness (QED) is 0.800. The molecule has 0 radical (unpaired) electrons. The molecule has 3 aromatic rings. The largest absolute Gasteiger partial charge is 0.507 e. The fourth-order valence-corrected chi connectivity index (χ4v) is 2.61. The van der Waals surface area contributed by atoms with Crippen LogP contribution in [-0.2, 0) is 6.42 Å². The third-order valence-corrected chi connectivity index (χ3v) is 3.74. The third kappa shape index (κ3) is 2.29. The summed E-state index contributed by atoms with van der Waals surface area (Å²) in [5.41, 5.74) is 2.01. The summed E-state index contributed by atoms with van der Waals surface area (Å²) in [4.78, 5) is 0. The van der Waals surface area contributed by atoms with Gasteiger partial charge in [-0.15, -0.1) is 5.10 Å². The summed E-state index contributed by atoms with van der Waals surface area (Å²) in [5.74, 6) is 0.232. The Morgan fingerprint density at radius 3 is 2.73 bits per heavy atom. The van der Waals surface area contributed by atoms with Crippen molar-refractivity contribution < 1.29 is 5.11 Å². The van der Waals surface area contributed by atoms with Crippen LogP contribution in [0.1, 0.15) is 31.2 Å². The number of aromatic nitrogens is 3. The van der Waals surface area contributed by atoms with Crippen molar-refractivity contribution in [2.24, 2.45) is 0 Å². The second-order valence-electron chi connectivity index (χ2n) is 5.16. The molecule has 1 N–H and O–H groups in total. The molecule has 0 spiro atoms. The summed E-state index contributed by atoms with van der Waals surface area (Å²) in [5, 5.41) is 29.0. The highest BCUT2D eigenvalue weighted by molar-refractivity contribution is 5.94. The Morgan fingerprint density at radius 1 is 1.18 bits per heavy atom. The maximum absolute atomic E-state index is 10.0. The van der Waals surface area contributed by atoms with E-state index >= 15 is 0 Å². The fraction of sp³-hybridized carbons (Fsp3) is 0.235. The Bertz CT molecular complexity index is 861. The molecule has 0 aliphatic carbocycles. The topological polar surface area (TPSA) is 74.7 Å². The minimum atomic E-state index is 0.232. The van der Waals surface area contributed by atoms with Crippen molar-refractivity contribution in [3.05, 3.63) is 47.8 Å². The van der Waals surface area contributed by atoms with Gasteiger partial charge < -0.3 is 5.11 Å². The van der Waals surface area contributed by atoms with Crippen LogP contribution in [0.15, 0.2) is 36.4 Å². The number of nitrogens with zero attached hydrogens (tertiary/aromatic N) is 4. The average molecular weight is 292 g/mol. The molecule has 0 amide bonds. The third-order valence-electron chi connectivity index (χ3n) is 3.74. The molecule has 0 bridgehead atoms. The summed E-state index contributed by atoms with van der Waals surface area (Å²) >= 11 is 0. The molecule has 110 valence electrons. The van der Waals surface area contributed by atoms with Crippen LogP contribution in [-0.4, -0.2) is 20.1 Å². The fourth-order valence-electron chi connectivity index (χ4n) is 2.61. The maximum Gasteiger partial charge on any atom is 0.186 e. The van der Waals surface area contributed by atoms with E-state index < -0.39 is 0 Å². The number of phenols is 1. The maximum atomic E-state index is 10.0. The summed E-state index contributed by atoms with van der Waals surface area (Å²) in [6.07, 6.45) is 2.76. The molecule has 2 aromatic carbocycles. The molecule has 0 aliphatic heterocycles. The van der Waals surface area contributed by atoms with E-state index in [9.17, 15) is 10.4 Å². The van der Waals surface area contributed by atoms with Crippen molar-refractivity contribution in [2.75, 3.05) is 0 Å². The van der Waals surface area contributed by atoms with Gasteiger partial charge in [0, 0.05) is 10.8 Å². The number of aromatic hydroxyl groups is 1. The average Bonchev–Trinajstić information content (AvgIpc) is 2.95. The van der Waals surface area contributed by atoms with E-state index in [2.05, 4.69) is 23.3 Å². The number of fused-ring (bicyclic) bond motifs is 1. The van der Waals surface area contributed by atoms with Gasteiger partial charge in [0.05, 0.1) is 11.4 Å². The molecule has 0 saturated heterocycles. The molecular weight excluding hydrogens is 276 g/mol. The van der Waals surface area contributed by atoms with Gasteiger partial charge in [-0.1, -0.05) is 42.8 Å². The normalized spacial score (nSPS) is 10.7. The molecule has 0 aliphatic rings. The summed E-state index contributed by atoms with van der Waals surface area (Å²) in [7, 11) is 0. The lowest BCUT2D eigenvalue weighted by molar-refractivity contribution is 0.481. The zero-order valence-corrected chi connectivity index (χ0v) is 12.3. The highest BCUT2D eigenvalue weighted by Gasteiger charge is 2.15. The first-order chi connectivity index (χ1) is 10.8. The minimum absolute atomic E-state index is 0.232. The molecule has 0 atom stereocenters. The van der Waals surface area contributed by atoms with E-state index in [0.717, 1.165) is 41.4 Å². The highest BCUT2D eigenvalue weighted by atomic mass is 16.3. The molecule has 5 nitrogen and oxygen atoms in total. The molecule has 0 unspecified atom stereocenters. The zero-order valence-electron chi connectivity index (χ0n) is 12.3. The first kappa shape index (κ1) is 14.1. The number of hydrogen-bond donors (Lipinski definition) is 1. The van der Waals surface area contributed by atoms with Crippen molar-refractivity contribution in [3.63, 3.8) is 0 Å². The molecule has 1 aromatic heterocycles. The van der Waals surface area contributed by atoms with Crippen molar-refractivity contribution in [1.82, 2.24) is 15.0 Å². The van der Waals surface area contributed by atoms with Crippen molar-refractivity contribution in [1.29, 1.82) is 5.26 Å². The van der Waals surface area contributed by atoms with Gasteiger partial charge in [-0.3, -0.25) is 0 Å². The number of nitriles is 1. The second-order valence-corrected chi connectivity index (χ2v) is 5.16. The Balaban J connectivity index is 2.22. The first-order valence-corrected chi connectivity index (χ1v) is 7.32. The SMILES string of the molecule is CCCCc1c(C#N)nnn1-c1cccc2c(O)cccc12. The highest BCUT2D eigenvalue weighted by Crippen LogP contribution is 2.29. The van der Waals surface area contributed by atoms with E-state index in [0.29, 0.717) is 5.69 Å². The van der Waals surface area contributed by atoms with Gasteiger partial charge in [-0.2, -0.15) is 5.26 Å². The summed E-state index contributed by atoms with van der Waals surface area (Å²) in [6.45, 7) is 2.11. The number of rotatable bonds is 4. The van der Waals surface area contributed by atoms with E-state index in [1.807, 2.05) is 24.3 Å². The molecular formula is C17H16N4O. The molecule has 0 fully saturated rings. The molecule has 0 saturated carbocycles. The van der Waals surface area contributed by atoms with Crippen LogP contribution >= 0.6 is 0 Å². The van der Waals surface area contributed by atoms with Crippen LogP contribution in [0, 0.1) is 11.3 Å². The van der Waals surface area contributed by atoms with Gasteiger partial charge in [0.1, 0.15) is 11.8 Å². The van der Waals surface area contributed by atoms with Crippen LogP contribution in [0.3, 0.4) is 0 Å². The van der Waals surface area contributed by atoms with Crippen LogP contribution in [0.2, 0.25) is 0 Å². The van der Waals surface area contributed by atoms with Crippen molar-refractivity contribution in [2.45, 2.75) is 26.2 Å². The van der Waals surface area contributed by atoms with Gasteiger partial charge in [0.15, 0.2) is 5.69 Å². The number of unbranched alkanes of at least 4 members (excludes halogenated alkanes) is 1. The van der Waals surface area contributed by atoms with Gasteiger partial charge in [0.2, 0.25) is 0 Å². The molecule has 22 heavy (non-hydrogen) atoms. The smallest absolute Gasteiger partial charge is 0.186 e. The van der Waals surface area contributed by atoms with Gasteiger partial charge in [-0.05, 0) is 25.0 Å². The number of hydrogen-bond acceptors (Lipinski definition) is 4. The Labute approximate surface area is 128 Å². The standard InChI is InChI=1S/C17H16N4O/c1-2-3-8-16-14(11-18)19-20-21(16)15-9-4-7-13-12(15)6-5-10-17(13)22/h4-7,9-10,22H,2-3,8H2,1H3. The van der Waals surface area contributed by atoms with Crippen LogP contribution in [0.25, 0.3) is 16.5 Å². The lowest BCUT2D eigenvalue weighted by Gasteiger charge is -2.10. The summed E-state index contributed by atoms with van der Waals surface area (Å²) in [6, 6.07) is 13.2. The molecule has 3 rings (SSSR count). The van der Waals surface area contributed by atoms with Gasteiger partial charge in [-0.25, -0.2) is 4.68 Å². The lowest BCUT2D eigenvalue weighted by atomic mass is 10.1. The Morgan fingerprint density at radius 2 is 1.95 bits per heavy atom. The zero-order chi connectivity index (χ0) is 15.5. The van der Waals surface area contributed by atoms with E-state index in [4.69, 9.17) is 0 Å². The number of benzene rings is 2. The first-order valence-electron chi connectivity index (χ1n) is 7.32. The Kier molecular flexibility index (Phi) is 3.75. The molecule has 5 heteroatoms. The van der Waals surface area contributed by atoms with Crippen LogP contribution < -0.4 is 0 Å². The predicted octanol–water partition coefficient (Wildman–Crippen LogP) is 3.34. The van der Waals surface area contributed by atoms with Crippen molar-refractivity contribution in [3.8, 4) is 17.5 Å². The summed E-state index contributed by atoms with van der Waals surface area (Å²) < 4.78 is 1.72.